The lowest BCUT2D eigenvalue weighted by molar-refractivity contribution is 0.104. The van der Waals surface area contributed by atoms with E-state index in [-0.39, 0.29) is 5.78 Å². The molecule has 0 saturated carbocycles. The van der Waals surface area contributed by atoms with Gasteiger partial charge in [-0.05, 0) is 35.4 Å². The van der Waals surface area contributed by atoms with Crippen LogP contribution in [0.5, 0.6) is 23.0 Å². The van der Waals surface area contributed by atoms with E-state index in [1.165, 1.54) is 0 Å². The molecule has 5 nitrogen and oxygen atoms in total. The molecule has 2 aromatic carbocycles. The molecule has 0 bridgehead atoms. The average Bonchev–Trinajstić information content (AvgIpc) is 2.83. The molecule has 0 unspecified atom stereocenters. The summed E-state index contributed by atoms with van der Waals surface area (Å²) in [6.45, 7) is 0. The molecule has 0 aromatic heterocycles. The van der Waals surface area contributed by atoms with Crippen molar-refractivity contribution in [2.45, 2.75) is 0 Å². The molecule has 0 amide bonds. The number of methoxy groups -OCH3 is 4. The van der Waals surface area contributed by atoms with Gasteiger partial charge in [-0.2, -0.15) is 0 Å². The zero-order chi connectivity index (χ0) is 15.9. The molecule has 0 aliphatic heterocycles. The first-order valence-corrected chi connectivity index (χ1v) is 6.71. The first-order chi connectivity index (χ1) is 10.6. The zero-order valence-corrected chi connectivity index (χ0v) is 12.9. The molecular formula is C17H16O5. The molecule has 0 atom stereocenters. The standard InChI is InChI=1S/C17H16O5/c1-19-13-5-9-10-6-14(20-2)16(22-4)8-12(10)17(18)11(9)7-15(13)21-3/h5-8H,1-4H3. The van der Waals surface area contributed by atoms with Crippen LogP contribution in [0, 0.1) is 0 Å². The van der Waals surface area contributed by atoms with Gasteiger partial charge in [0.1, 0.15) is 0 Å². The van der Waals surface area contributed by atoms with Crippen LogP contribution < -0.4 is 18.9 Å². The Morgan fingerprint density at radius 3 is 1.09 bits per heavy atom. The third-order valence-electron chi connectivity index (χ3n) is 3.83. The number of hydrogen-bond acceptors (Lipinski definition) is 5. The predicted molar refractivity (Wildman–Crippen MR) is 81.5 cm³/mol. The predicted octanol–water partition coefficient (Wildman–Crippen LogP) is 2.93. The van der Waals surface area contributed by atoms with Crippen LogP contribution >= 0.6 is 0 Å². The van der Waals surface area contributed by atoms with Gasteiger partial charge >= 0.3 is 0 Å². The monoisotopic (exact) mass is 300 g/mol. The molecule has 2 aromatic rings. The molecule has 0 heterocycles. The van der Waals surface area contributed by atoms with Crippen LogP contribution in [0.4, 0.5) is 0 Å². The van der Waals surface area contributed by atoms with Gasteiger partial charge in [-0.15, -0.1) is 0 Å². The van der Waals surface area contributed by atoms with Gasteiger partial charge < -0.3 is 18.9 Å². The van der Waals surface area contributed by atoms with E-state index >= 15 is 0 Å². The lowest BCUT2D eigenvalue weighted by Gasteiger charge is -2.11. The maximum Gasteiger partial charge on any atom is 0.194 e. The minimum absolute atomic E-state index is 0.0630. The number of ether oxygens (including phenoxy) is 4. The average molecular weight is 300 g/mol. The van der Waals surface area contributed by atoms with E-state index in [9.17, 15) is 4.79 Å². The highest BCUT2D eigenvalue weighted by atomic mass is 16.5. The molecule has 0 spiro atoms. The first-order valence-electron chi connectivity index (χ1n) is 6.71. The number of ketones is 1. The number of fused-ring (bicyclic) bond motifs is 3. The molecule has 0 N–H and O–H groups in total. The van der Waals surface area contributed by atoms with Crippen LogP contribution in [-0.4, -0.2) is 34.2 Å². The third-order valence-corrected chi connectivity index (χ3v) is 3.83. The highest BCUT2D eigenvalue weighted by molar-refractivity contribution is 6.22. The third kappa shape index (κ3) is 1.89. The van der Waals surface area contributed by atoms with Crippen LogP contribution in [0.15, 0.2) is 24.3 Å². The van der Waals surface area contributed by atoms with Crippen molar-refractivity contribution < 1.29 is 23.7 Å². The Labute approximate surface area is 128 Å². The fourth-order valence-corrected chi connectivity index (χ4v) is 2.72. The van der Waals surface area contributed by atoms with E-state index < -0.39 is 0 Å². The van der Waals surface area contributed by atoms with E-state index in [0.29, 0.717) is 34.1 Å². The maximum atomic E-state index is 12.6. The molecule has 0 saturated heterocycles. The van der Waals surface area contributed by atoms with E-state index in [0.717, 1.165) is 11.1 Å². The van der Waals surface area contributed by atoms with Crippen molar-refractivity contribution in [2.75, 3.05) is 28.4 Å². The Bertz CT molecular complexity index is 701. The molecule has 1 aliphatic rings. The van der Waals surface area contributed by atoms with E-state index in [1.54, 1.807) is 40.6 Å². The van der Waals surface area contributed by atoms with Crippen LogP contribution in [-0.2, 0) is 0 Å². The van der Waals surface area contributed by atoms with Gasteiger partial charge in [0.2, 0.25) is 0 Å². The lowest BCUT2D eigenvalue weighted by Crippen LogP contribution is -1.98. The highest BCUT2D eigenvalue weighted by Gasteiger charge is 2.30. The molecule has 5 heteroatoms. The number of carbonyl (C=O) groups excluding carboxylic acids is 1. The summed E-state index contributed by atoms with van der Waals surface area (Å²) in [5.74, 6) is 2.16. The summed E-state index contributed by atoms with van der Waals surface area (Å²) >= 11 is 0. The number of hydrogen-bond donors (Lipinski definition) is 0. The van der Waals surface area contributed by atoms with Gasteiger partial charge in [0.25, 0.3) is 0 Å². The van der Waals surface area contributed by atoms with Crippen molar-refractivity contribution in [3.63, 3.8) is 0 Å². The van der Waals surface area contributed by atoms with Gasteiger partial charge in [0.15, 0.2) is 28.8 Å². The summed E-state index contributed by atoms with van der Waals surface area (Å²) in [5.41, 5.74) is 2.78. The van der Waals surface area contributed by atoms with Crippen LogP contribution in [0.1, 0.15) is 15.9 Å². The number of carbonyl (C=O) groups is 1. The summed E-state index contributed by atoms with van der Waals surface area (Å²) in [6, 6.07) is 7.03. The first kappa shape index (κ1) is 14.3. The summed E-state index contributed by atoms with van der Waals surface area (Å²) in [7, 11) is 6.22. The second-order valence-electron chi connectivity index (χ2n) is 4.83. The van der Waals surface area contributed by atoms with Crippen molar-refractivity contribution in [1.82, 2.24) is 0 Å². The molecule has 1 aliphatic carbocycles. The van der Waals surface area contributed by atoms with Gasteiger partial charge in [0, 0.05) is 11.1 Å². The Balaban J connectivity index is 2.26. The topological polar surface area (TPSA) is 54.0 Å². The normalized spacial score (nSPS) is 11.7. The molecule has 114 valence electrons. The van der Waals surface area contributed by atoms with Crippen molar-refractivity contribution in [3.8, 4) is 34.1 Å². The second kappa shape index (κ2) is 5.26. The van der Waals surface area contributed by atoms with Crippen LogP contribution in [0.3, 0.4) is 0 Å². The largest absolute Gasteiger partial charge is 0.493 e. The summed E-state index contributed by atoms with van der Waals surface area (Å²) < 4.78 is 21.2. The smallest absolute Gasteiger partial charge is 0.194 e. The Morgan fingerprint density at radius 1 is 0.545 bits per heavy atom. The van der Waals surface area contributed by atoms with E-state index in [1.807, 2.05) is 12.1 Å². The van der Waals surface area contributed by atoms with Crippen LogP contribution in [0.2, 0.25) is 0 Å². The second-order valence-corrected chi connectivity index (χ2v) is 4.83. The fraction of sp³-hybridized carbons (Fsp3) is 0.235. The molecule has 0 fully saturated rings. The fourth-order valence-electron chi connectivity index (χ4n) is 2.72. The number of benzene rings is 2. The van der Waals surface area contributed by atoms with E-state index in [2.05, 4.69) is 0 Å². The van der Waals surface area contributed by atoms with Crippen molar-refractivity contribution in [1.29, 1.82) is 0 Å². The number of rotatable bonds is 4. The summed E-state index contributed by atoms with van der Waals surface area (Å²) in [4.78, 5) is 12.6. The molecule has 0 radical (unpaired) electrons. The quantitative estimate of drug-likeness (QED) is 0.741. The van der Waals surface area contributed by atoms with Crippen LogP contribution in [0.25, 0.3) is 11.1 Å². The minimum atomic E-state index is -0.0630. The van der Waals surface area contributed by atoms with Crippen molar-refractivity contribution in [2.24, 2.45) is 0 Å². The van der Waals surface area contributed by atoms with Crippen molar-refractivity contribution in [3.05, 3.63) is 35.4 Å². The lowest BCUT2D eigenvalue weighted by atomic mass is 10.0. The SMILES string of the molecule is COc1cc2c(cc1OC)-c1cc(OC)c(OC)cc1C2=O. The van der Waals surface area contributed by atoms with Gasteiger partial charge in [-0.25, -0.2) is 0 Å². The Morgan fingerprint density at radius 2 is 0.818 bits per heavy atom. The minimum Gasteiger partial charge on any atom is -0.493 e. The highest BCUT2D eigenvalue weighted by Crippen LogP contribution is 2.46. The summed E-state index contributed by atoms with van der Waals surface area (Å²) in [5, 5.41) is 0. The molecule has 22 heavy (non-hydrogen) atoms. The summed E-state index contributed by atoms with van der Waals surface area (Å²) in [6.07, 6.45) is 0. The molecule has 3 rings (SSSR count). The van der Waals surface area contributed by atoms with Gasteiger partial charge in [-0.1, -0.05) is 0 Å². The Kier molecular flexibility index (Phi) is 3.41. The van der Waals surface area contributed by atoms with Gasteiger partial charge in [-0.3, -0.25) is 4.79 Å². The Hall–Kier alpha value is -2.69. The van der Waals surface area contributed by atoms with Gasteiger partial charge in [0.05, 0.1) is 28.4 Å². The maximum absolute atomic E-state index is 12.6. The zero-order valence-electron chi connectivity index (χ0n) is 12.9. The van der Waals surface area contributed by atoms with Crippen molar-refractivity contribution >= 4 is 5.78 Å². The van der Waals surface area contributed by atoms with E-state index in [4.69, 9.17) is 18.9 Å². The molecular weight excluding hydrogens is 284 g/mol.